The van der Waals surface area contributed by atoms with Crippen molar-refractivity contribution in [2.75, 3.05) is 36.5 Å². The highest BCUT2D eigenvalue weighted by Crippen LogP contribution is 2.31. The molecule has 0 unspecified atom stereocenters. The second-order valence-corrected chi connectivity index (χ2v) is 10.5. The number of nitrogens with one attached hydrogen (secondary N) is 1. The van der Waals surface area contributed by atoms with Gasteiger partial charge < -0.3 is 15.0 Å². The van der Waals surface area contributed by atoms with Crippen molar-refractivity contribution in [3.63, 3.8) is 0 Å². The highest BCUT2D eigenvalue weighted by atomic mass is 35.5. The van der Waals surface area contributed by atoms with Gasteiger partial charge in [0.15, 0.2) is 0 Å². The van der Waals surface area contributed by atoms with Crippen LogP contribution in [0.15, 0.2) is 82.7 Å². The number of amides is 2. The van der Waals surface area contributed by atoms with Crippen LogP contribution < -0.4 is 10.2 Å². The second kappa shape index (κ2) is 9.79. The number of hydrogen-bond donors (Lipinski definition) is 1. The zero-order chi connectivity index (χ0) is 24.4. The summed E-state index contributed by atoms with van der Waals surface area (Å²) in [6, 6.07) is 20.6. The topological polar surface area (TPSA) is 91.3 Å². The first kappa shape index (κ1) is 23.5. The van der Waals surface area contributed by atoms with Crippen LogP contribution in [0, 0.1) is 0 Å². The Balaban J connectivity index is 1.47. The third-order valence-corrected chi connectivity index (χ3v) is 8.03. The molecule has 8 nitrogen and oxygen atoms in total. The van der Waals surface area contributed by atoms with Crippen LogP contribution >= 0.6 is 11.6 Å². The smallest absolute Gasteiger partial charge is 0.347 e. The minimum Gasteiger partial charge on any atom is -0.379 e. The molecule has 0 radical (unpaired) electrons. The van der Waals surface area contributed by atoms with E-state index in [4.69, 9.17) is 16.3 Å². The molecule has 2 heterocycles. The van der Waals surface area contributed by atoms with Crippen LogP contribution in [0.2, 0.25) is 5.02 Å². The number of anilines is 2. The van der Waals surface area contributed by atoms with Gasteiger partial charge in [-0.25, -0.2) is 13.2 Å². The number of urea groups is 1. The number of rotatable bonds is 4. The van der Waals surface area contributed by atoms with E-state index in [-0.39, 0.29) is 4.90 Å². The van der Waals surface area contributed by atoms with Crippen molar-refractivity contribution in [2.45, 2.75) is 11.4 Å². The number of ether oxygens (including phenoxy) is 1. The Labute approximate surface area is 208 Å². The summed E-state index contributed by atoms with van der Waals surface area (Å²) in [5, 5.41) is 3.32. The van der Waals surface area contributed by atoms with Crippen LogP contribution in [-0.2, 0) is 21.3 Å². The molecule has 10 heteroatoms. The third-order valence-electron chi connectivity index (χ3n) is 5.88. The Hall–Kier alpha value is -3.24. The fourth-order valence-electron chi connectivity index (χ4n) is 4.13. The SMILES string of the molecule is O=C(/N=C1/c2ccccc2CN1c1cccc(S(=O)(=O)N2CCOCC2)c1)Nc1ccc(Cl)cc1. The van der Waals surface area contributed by atoms with E-state index in [2.05, 4.69) is 10.3 Å². The van der Waals surface area contributed by atoms with Gasteiger partial charge in [-0.3, -0.25) is 0 Å². The van der Waals surface area contributed by atoms with Gasteiger partial charge in [-0.05, 0) is 48.0 Å². The minimum absolute atomic E-state index is 0.192. The van der Waals surface area contributed by atoms with E-state index in [9.17, 15) is 13.2 Å². The molecule has 1 fully saturated rings. The lowest BCUT2D eigenvalue weighted by molar-refractivity contribution is 0.0730. The Bertz CT molecular complexity index is 1390. The highest BCUT2D eigenvalue weighted by Gasteiger charge is 2.30. The monoisotopic (exact) mass is 510 g/mol. The Morgan fingerprint density at radius 2 is 1.71 bits per heavy atom. The molecule has 2 aliphatic heterocycles. The molecular formula is C25H23ClN4O4S. The van der Waals surface area contributed by atoms with Crippen LogP contribution in [0.5, 0.6) is 0 Å². The maximum atomic E-state index is 13.2. The number of amidine groups is 1. The number of nitrogens with zero attached hydrogens (tertiary/aromatic N) is 3. The first-order valence-electron chi connectivity index (χ1n) is 11.1. The summed E-state index contributed by atoms with van der Waals surface area (Å²) in [5.41, 5.74) is 3.01. The molecule has 3 aromatic rings. The van der Waals surface area contributed by atoms with Gasteiger partial charge in [0, 0.05) is 35.1 Å². The molecule has 0 aliphatic carbocycles. The van der Waals surface area contributed by atoms with Crippen molar-refractivity contribution in [1.82, 2.24) is 4.31 Å². The first-order valence-corrected chi connectivity index (χ1v) is 12.9. The predicted molar refractivity (Wildman–Crippen MR) is 136 cm³/mol. The summed E-state index contributed by atoms with van der Waals surface area (Å²) in [5.74, 6) is 0.452. The van der Waals surface area contributed by atoms with Gasteiger partial charge in [-0.1, -0.05) is 41.9 Å². The average molecular weight is 511 g/mol. The lowest BCUT2D eigenvalue weighted by Crippen LogP contribution is -2.40. The molecule has 2 aliphatic rings. The van der Waals surface area contributed by atoms with E-state index in [0.29, 0.717) is 55.1 Å². The Morgan fingerprint density at radius 3 is 2.49 bits per heavy atom. The number of hydrogen-bond acceptors (Lipinski definition) is 4. The fourth-order valence-corrected chi connectivity index (χ4v) is 5.70. The van der Waals surface area contributed by atoms with Crippen molar-refractivity contribution < 1.29 is 17.9 Å². The summed E-state index contributed by atoms with van der Waals surface area (Å²) >= 11 is 5.92. The molecule has 1 saturated heterocycles. The van der Waals surface area contributed by atoms with Gasteiger partial charge in [0.25, 0.3) is 0 Å². The second-order valence-electron chi connectivity index (χ2n) is 8.13. The zero-order valence-corrected chi connectivity index (χ0v) is 20.3. The van der Waals surface area contributed by atoms with Crippen molar-refractivity contribution in [3.05, 3.63) is 88.9 Å². The average Bonchev–Trinajstić information content (AvgIpc) is 3.24. The molecule has 0 aromatic heterocycles. The van der Waals surface area contributed by atoms with Crippen LogP contribution in [-0.4, -0.2) is 50.9 Å². The van der Waals surface area contributed by atoms with Crippen LogP contribution in [0.4, 0.5) is 16.2 Å². The van der Waals surface area contributed by atoms with Crippen molar-refractivity contribution in [2.24, 2.45) is 4.99 Å². The summed E-state index contributed by atoms with van der Waals surface area (Å²) in [4.78, 5) is 19.2. The molecule has 3 aromatic carbocycles. The molecular weight excluding hydrogens is 488 g/mol. The highest BCUT2D eigenvalue weighted by molar-refractivity contribution is 7.89. The van der Waals surface area contributed by atoms with Gasteiger partial charge >= 0.3 is 6.03 Å². The molecule has 0 atom stereocenters. The number of morpholine rings is 1. The number of fused-ring (bicyclic) bond motifs is 1. The molecule has 2 amide bonds. The van der Waals surface area contributed by atoms with Crippen LogP contribution in [0.25, 0.3) is 0 Å². The number of aliphatic imine (C=N–C) groups is 1. The summed E-state index contributed by atoms with van der Waals surface area (Å²) in [6.07, 6.45) is 0. The molecule has 5 rings (SSSR count). The lowest BCUT2D eigenvalue weighted by Gasteiger charge is -2.27. The predicted octanol–water partition coefficient (Wildman–Crippen LogP) is 4.36. The van der Waals surface area contributed by atoms with Crippen molar-refractivity contribution >= 4 is 44.9 Å². The number of carbonyl (C=O) groups is 1. The summed E-state index contributed by atoms with van der Waals surface area (Å²) in [6.45, 7) is 1.85. The standard InChI is InChI=1S/C25H23ClN4O4S/c26-19-8-10-20(11-9-19)27-25(31)28-24-23-7-2-1-4-18(23)17-30(24)21-5-3-6-22(16-21)35(32,33)29-12-14-34-15-13-29/h1-11,16H,12-15,17H2,(H,27,31)/b28-24-. The van der Waals surface area contributed by atoms with Gasteiger partial charge in [-0.15, -0.1) is 0 Å². The molecule has 0 saturated carbocycles. The summed E-state index contributed by atoms with van der Waals surface area (Å²) in [7, 11) is -3.67. The molecule has 35 heavy (non-hydrogen) atoms. The van der Waals surface area contributed by atoms with E-state index in [1.54, 1.807) is 42.5 Å². The van der Waals surface area contributed by atoms with Crippen LogP contribution in [0.1, 0.15) is 11.1 Å². The lowest BCUT2D eigenvalue weighted by atomic mass is 10.1. The molecule has 180 valence electrons. The summed E-state index contributed by atoms with van der Waals surface area (Å²) < 4.78 is 33.1. The van der Waals surface area contributed by atoms with E-state index < -0.39 is 16.1 Å². The van der Waals surface area contributed by atoms with Crippen LogP contribution in [0.3, 0.4) is 0 Å². The van der Waals surface area contributed by atoms with E-state index >= 15 is 0 Å². The number of sulfonamides is 1. The van der Waals surface area contributed by atoms with E-state index in [0.717, 1.165) is 11.1 Å². The van der Waals surface area contributed by atoms with Gasteiger partial charge in [-0.2, -0.15) is 9.30 Å². The number of halogens is 1. The van der Waals surface area contributed by atoms with Gasteiger partial charge in [0.2, 0.25) is 10.0 Å². The fraction of sp³-hybridized carbons (Fsp3) is 0.200. The molecule has 1 N–H and O–H groups in total. The Kier molecular flexibility index (Phi) is 6.57. The van der Waals surface area contributed by atoms with E-state index in [1.165, 1.54) is 4.31 Å². The molecule has 0 spiro atoms. The first-order chi connectivity index (χ1) is 16.9. The maximum Gasteiger partial charge on any atom is 0.347 e. The minimum atomic E-state index is -3.67. The Morgan fingerprint density at radius 1 is 0.971 bits per heavy atom. The maximum absolute atomic E-state index is 13.2. The number of carbonyl (C=O) groups excluding carboxylic acids is 1. The quantitative estimate of drug-likeness (QED) is 0.563. The third kappa shape index (κ3) is 4.94. The number of benzene rings is 3. The van der Waals surface area contributed by atoms with Gasteiger partial charge in [0.1, 0.15) is 5.84 Å². The van der Waals surface area contributed by atoms with Crippen molar-refractivity contribution in [3.8, 4) is 0 Å². The largest absolute Gasteiger partial charge is 0.379 e. The van der Waals surface area contributed by atoms with Crippen molar-refractivity contribution in [1.29, 1.82) is 0 Å². The van der Waals surface area contributed by atoms with Gasteiger partial charge in [0.05, 0.1) is 24.7 Å². The molecule has 0 bridgehead atoms. The van der Waals surface area contributed by atoms with E-state index in [1.807, 2.05) is 35.2 Å². The normalized spacial score (nSPS) is 17.4. The zero-order valence-electron chi connectivity index (χ0n) is 18.7.